The van der Waals surface area contributed by atoms with Gasteiger partial charge in [-0.1, -0.05) is 15.9 Å². The lowest BCUT2D eigenvalue weighted by Crippen LogP contribution is -2.23. The Kier molecular flexibility index (Phi) is 4.82. The smallest absolute Gasteiger partial charge is 0.255 e. The number of nitrogens with zero attached hydrogens (tertiary/aromatic N) is 1. The third-order valence-corrected chi connectivity index (χ3v) is 4.88. The van der Waals surface area contributed by atoms with Gasteiger partial charge < -0.3 is 10.2 Å². The van der Waals surface area contributed by atoms with E-state index in [2.05, 4.69) is 37.2 Å². The van der Waals surface area contributed by atoms with E-state index in [4.69, 9.17) is 0 Å². The molecule has 6 heteroatoms. The molecule has 2 amide bonds. The summed E-state index contributed by atoms with van der Waals surface area (Å²) in [5.41, 5.74) is 2.09. The molecule has 4 nitrogen and oxygen atoms in total. The minimum Gasteiger partial charge on any atom is -0.321 e. The van der Waals surface area contributed by atoms with Crippen molar-refractivity contribution in [1.82, 2.24) is 0 Å². The molecule has 3 rings (SSSR count). The summed E-state index contributed by atoms with van der Waals surface area (Å²) >= 11 is 6.80. The van der Waals surface area contributed by atoms with Gasteiger partial charge in [0, 0.05) is 33.2 Å². The molecule has 0 unspecified atom stereocenters. The van der Waals surface area contributed by atoms with Crippen LogP contribution in [0.4, 0.5) is 11.4 Å². The molecule has 1 fully saturated rings. The molecular formula is C17H14Br2N2O2. The van der Waals surface area contributed by atoms with Gasteiger partial charge in [-0.2, -0.15) is 0 Å². The van der Waals surface area contributed by atoms with Crippen molar-refractivity contribution in [3.8, 4) is 0 Å². The lowest BCUT2D eigenvalue weighted by molar-refractivity contribution is -0.117. The largest absolute Gasteiger partial charge is 0.321 e. The van der Waals surface area contributed by atoms with Crippen LogP contribution >= 0.6 is 31.9 Å². The zero-order valence-corrected chi connectivity index (χ0v) is 15.4. The second-order valence-corrected chi connectivity index (χ2v) is 7.04. The topological polar surface area (TPSA) is 49.4 Å². The Morgan fingerprint density at radius 2 is 1.83 bits per heavy atom. The molecule has 1 aliphatic heterocycles. The first kappa shape index (κ1) is 16.2. The van der Waals surface area contributed by atoms with E-state index in [1.807, 2.05) is 30.3 Å². The monoisotopic (exact) mass is 436 g/mol. The SMILES string of the molecule is O=C(Nc1cc(Br)ccc1Br)c1ccc(N2CCCC2=O)cc1. The predicted octanol–water partition coefficient (Wildman–Crippen LogP) is 4.59. The van der Waals surface area contributed by atoms with Crippen LogP contribution in [0.25, 0.3) is 0 Å². The van der Waals surface area contributed by atoms with Gasteiger partial charge in [-0.25, -0.2) is 0 Å². The third kappa shape index (κ3) is 3.64. The van der Waals surface area contributed by atoms with Crippen molar-refractivity contribution in [3.05, 3.63) is 57.0 Å². The number of benzene rings is 2. The van der Waals surface area contributed by atoms with Gasteiger partial charge in [0.2, 0.25) is 5.91 Å². The van der Waals surface area contributed by atoms with Crippen molar-refractivity contribution in [3.63, 3.8) is 0 Å². The fraction of sp³-hybridized carbons (Fsp3) is 0.176. The summed E-state index contributed by atoms with van der Waals surface area (Å²) in [6.45, 7) is 0.745. The van der Waals surface area contributed by atoms with Crippen LogP contribution in [-0.2, 0) is 4.79 Å². The molecule has 0 aliphatic carbocycles. The summed E-state index contributed by atoms with van der Waals surface area (Å²) in [5, 5.41) is 2.87. The first-order valence-corrected chi connectivity index (χ1v) is 8.80. The molecule has 0 bridgehead atoms. The van der Waals surface area contributed by atoms with Crippen LogP contribution in [0, 0.1) is 0 Å². The van der Waals surface area contributed by atoms with E-state index < -0.39 is 0 Å². The molecule has 23 heavy (non-hydrogen) atoms. The maximum atomic E-state index is 12.3. The molecule has 2 aromatic carbocycles. The summed E-state index contributed by atoms with van der Waals surface area (Å²) in [6.07, 6.45) is 1.48. The normalized spacial score (nSPS) is 14.2. The summed E-state index contributed by atoms with van der Waals surface area (Å²) in [4.78, 5) is 25.8. The van der Waals surface area contributed by atoms with Crippen LogP contribution < -0.4 is 10.2 Å². The van der Waals surface area contributed by atoms with Crippen molar-refractivity contribution >= 4 is 55.0 Å². The molecule has 1 aliphatic rings. The molecule has 1 heterocycles. The molecule has 0 radical (unpaired) electrons. The number of amides is 2. The van der Waals surface area contributed by atoms with Gasteiger partial charge in [0.25, 0.3) is 5.91 Å². The highest BCUT2D eigenvalue weighted by Crippen LogP contribution is 2.27. The Morgan fingerprint density at radius 1 is 1.09 bits per heavy atom. The number of hydrogen-bond donors (Lipinski definition) is 1. The second-order valence-electron chi connectivity index (χ2n) is 5.27. The van der Waals surface area contributed by atoms with Crippen LogP contribution in [0.5, 0.6) is 0 Å². The van der Waals surface area contributed by atoms with Crippen LogP contribution in [0.15, 0.2) is 51.4 Å². The average molecular weight is 438 g/mol. The molecule has 1 saturated heterocycles. The lowest BCUT2D eigenvalue weighted by atomic mass is 10.1. The Balaban J connectivity index is 1.75. The van der Waals surface area contributed by atoms with Crippen LogP contribution in [0.1, 0.15) is 23.2 Å². The van der Waals surface area contributed by atoms with E-state index in [0.29, 0.717) is 17.7 Å². The molecular weight excluding hydrogens is 424 g/mol. The van der Waals surface area contributed by atoms with Crippen LogP contribution in [0.2, 0.25) is 0 Å². The van der Waals surface area contributed by atoms with E-state index >= 15 is 0 Å². The molecule has 0 atom stereocenters. The minimum absolute atomic E-state index is 0.139. The lowest BCUT2D eigenvalue weighted by Gasteiger charge is -2.16. The number of rotatable bonds is 3. The average Bonchev–Trinajstić information content (AvgIpc) is 2.97. The van der Waals surface area contributed by atoms with E-state index in [0.717, 1.165) is 27.6 Å². The van der Waals surface area contributed by atoms with E-state index in [1.165, 1.54) is 0 Å². The summed E-state index contributed by atoms with van der Waals surface area (Å²) in [6, 6.07) is 12.7. The molecule has 0 spiro atoms. The van der Waals surface area contributed by atoms with Gasteiger partial charge in [0.1, 0.15) is 0 Å². The Labute approximate surface area is 151 Å². The van der Waals surface area contributed by atoms with Crippen molar-refractivity contribution < 1.29 is 9.59 Å². The van der Waals surface area contributed by atoms with Crippen molar-refractivity contribution in [2.24, 2.45) is 0 Å². The molecule has 0 saturated carbocycles. The zero-order chi connectivity index (χ0) is 16.4. The molecule has 0 aromatic heterocycles. The summed E-state index contributed by atoms with van der Waals surface area (Å²) in [5.74, 6) is -0.0524. The van der Waals surface area contributed by atoms with E-state index in [9.17, 15) is 9.59 Å². The number of halogens is 2. The maximum Gasteiger partial charge on any atom is 0.255 e. The van der Waals surface area contributed by atoms with E-state index in [1.54, 1.807) is 17.0 Å². The highest BCUT2D eigenvalue weighted by molar-refractivity contribution is 9.11. The number of carbonyl (C=O) groups is 2. The number of carbonyl (C=O) groups excluding carboxylic acids is 2. The van der Waals surface area contributed by atoms with Gasteiger partial charge in [0.15, 0.2) is 0 Å². The third-order valence-electron chi connectivity index (χ3n) is 3.69. The highest BCUT2D eigenvalue weighted by Gasteiger charge is 2.21. The summed E-state index contributed by atoms with van der Waals surface area (Å²) < 4.78 is 1.70. The maximum absolute atomic E-state index is 12.3. The van der Waals surface area contributed by atoms with Gasteiger partial charge in [-0.15, -0.1) is 0 Å². The summed E-state index contributed by atoms with van der Waals surface area (Å²) in [7, 11) is 0. The van der Waals surface area contributed by atoms with Crippen LogP contribution in [0.3, 0.4) is 0 Å². The van der Waals surface area contributed by atoms with Crippen LogP contribution in [-0.4, -0.2) is 18.4 Å². The number of hydrogen-bond acceptors (Lipinski definition) is 2. The van der Waals surface area contributed by atoms with Crippen molar-refractivity contribution in [1.29, 1.82) is 0 Å². The Hall–Kier alpha value is -1.66. The Morgan fingerprint density at radius 3 is 2.48 bits per heavy atom. The fourth-order valence-corrected chi connectivity index (χ4v) is 3.21. The fourth-order valence-electron chi connectivity index (χ4n) is 2.50. The number of anilines is 2. The highest BCUT2D eigenvalue weighted by atomic mass is 79.9. The van der Waals surface area contributed by atoms with Gasteiger partial charge in [-0.3, -0.25) is 9.59 Å². The molecule has 1 N–H and O–H groups in total. The first-order valence-electron chi connectivity index (χ1n) is 7.21. The zero-order valence-electron chi connectivity index (χ0n) is 12.2. The van der Waals surface area contributed by atoms with Crippen molar-refractivity contribution in [2.45, 2.75) is 12.8 Å². The Bertz CT molecular complexity index is 760. The predicted molar refractivity (Wildman–Crippen MR) is 97.8 cm³/mol. The first-order chi connectivity index (χ1) is 11.0. The van der Waals surface area contributed by atoms with Gasteiger partial charge in [0.05, 0.1) is 5.69 Å². The minimum atomic E-state index is -0.192. The van der Waals surface area contributed by atoms with E-state index in [-0.39, 0.29) is 11.8 Å². The number of nitrogens with one attached hydrogen (secondary N) is 1. The van der Waals surface area contributed by atoms with Gasteiger partial charge in [-0.05, 0) is 64.8 Å². The molecule has 118 valence electrons. The quantitative estimate of drug-likeness (QED) is 0.763. The van der Waals surface area contributed by atoms with Gasteiger partial charge >= 0.3 is 0 Å². The molecule has 2 aromatic rings. The van der Waals surface area contributed by atoms with Crippen molar-refractivity contribution in [2.75, 3.05) is 16.8 Å². The standard InChI is InChI=1S/C17H14Br2N2O2/c18-12-5-8-14(19)15(10-12)20-17(23)11-3-6-13(7-4-11)21-9-1-2-16(21)22/h3-8,10H,1-2,9H2,(H,20,23). The second kappa shape index (κ2) is 6.84.